The summed E-state index contributed by atoms with van der Waals surface area (Å²) in [5.41, 5.74) is 0. The summed E-state index contributed by atoms with van der Waals surface area (Å²) in [6.45, 7) is 2.59. The molecule has 1 heterocycles. The van der Waals surface area contributed by atoms with Crippen molar-refractivity contribution >= 4 is 11.9 Å². The molecular formula is C16H28O8. The quantitative estimate of drug-likeness (QED) is 0.468. The van der Waals surface area contributed by atoms with Gasteiger partial charge in [0.05, 0.1) is 31.0 Å². The summed E-state index contributed by atoms with van der Waals surface area (Å²) in [5, 5.41) is 29.6. The fourth-order valence-electron chi connectivity index (χ4n) is 2.60. The highest BCUT2D eigenvalue weighted by Gasteiger charge is 2.31. The number of carbonyl (C=O) groups is 2. The van der Waals surface area contributed by atoms with Crippen LogP contribution in [0.1, 0.15) is 46.0 Å². The standard InChI is InChI=1S/C16H28O8/c1-10(17)22-8-7-12-3-6-16(24-12)14(20)5-4-13(19)15(21)9-23-11(2)18/h12-16,19-21H,3-9H2,1-2H3/t12-,13+,14-,15+,16+/m1/s1. The Kier molecular flexibility index (Phi) is 9.20. The largest absolute Gasteiger partial charge is 0.466 e. The number of esters is 2. The number of hydrogen-bond acceptors (Lipinski definition) is 8. The fraction of sp³-hybridized carbons (Fsp3) is 0.875. The Morgan fingerprint density at radius 2 is 1.71 bits per heavy atom. The summed E-state index contributed by atoms with van der Waals surface area (Å²) in [5.74, 6) is -0.855. The molecule has 24 heavy (non-hydrogen) atoms. The van der Waals surface area contributed by atoms with Gasteiger partial charge >= 0.3 is 11.9 Å². The second-order valence-electron chi connectivity index (χ2n) is 6.08. The van der Waals surface area contributed by atoms with E-state index in [2.05, 4.69) is 4.74 Å². The van der Waals surface area contributed by atoms with E-state index in [4.69, 9.17) is 9.47 Å². The first-order valence-corrected chi connectivity index (χ1v) is 8.26. The first-order valence-electron chi connectivity index (χ1n) is 8.26. The normalized spacial score (nSPS) is 24.2. The van der Waals surface area contributed by atoms with E-state index in [1.54, 1.807) is 0 Å². The lowest BCUT2D eigenvalue weighted by Crippen LogP contribution is -2.34. The van der Waals surface area contributed by atoms with E-state index in [0.29, 0.717) is 19.4 Å². The number of ether oxygens (including phenoxy) is 3. The van der Waals surface area contributed by atoms with E-state index in [1.165, 1.54) is 13.8 Å². The van der Waals surface area contributed by atoms with Gasteiger partial charge in [0.1, 0.15) is 12.7 Å². The Bertz CT molecular complexity index is 400. The molecular weight excluding hydrogens is 320 g/mol. The second-order valence-corrected chi connectivity index (χ2v) is 6.08. The number of hydrogen-bond donors (Lipinski definition) is 3. The van der Waals surface area contributed by atoms with Gasteiger partial charge in [-0.05, 0) is 25.7 Å². The van der Waals surface area contributed by atoms with Gasteiger partial charge in [-0.1, -0.05) is 0 Å². The van der Waals surface area contributed by atoms with Gasteiger partial charge in [-0.25, -0.2) is 0 Å². The molecule has 5 atom stereocenters. The molecule has 140 valence electrons. The van der Waals surface area contributed by atoms with Crippen LogP contribution in [0.5, 0.6) is 0 Å². The van der Waals surface area contributed by atoms with Crippen LogP contribution in [0, 0.1) is 0 Å². The maximum absolute atomic E-state index is 10.7. The highest BCUT2D eigenvalue weighted by molar-refractivity contribution is 5.66. The van der Waals surface area contributed by atoms with E-state index < -0.39 is 24.3 Å². The van der Waals surface area contributed by atoms with Crippen molar-refractivity contribution in [1.29, 1.82) is 0 Å². The van der Waals surface area contributed by atoms with Gasteiger partial charge in [0.25, 0.3) is 0 Å². The third kappa shape index (κ3) is 8.05. The fourth-order valence-corrected chi connectivity index (χ4v) is 2.60. The molecule has 0 radical (unpaired) electrons. The molecule has 0 amide bonds. The Labute approximate surface area is 141 Å². The zero-order chi connectivity index (χ0) is 18.1. The smallest absolute Gasteiger partial charge is 0.302 e. The zero-order valence-electron chi connectivity index (χ0n) is 14.2. The van der Waals surface area contributed by atoms with Crippen molar-refractivity contribution < 1.29 is 39.1 Å². The van der Waals surface area contributed by atoms with E-state index >= 15 is 0 Å². The molecule has 0 aliphatic carbocycles. The zero-order valence-corrected chi connectivity index (χ0v) is 14.2. The first kappa shape index (κ1) is 20.8. The van der Waals surface area contributed by atoms with Gasteiger partial charge in [0.15, 0.2) is 0 Å². The van der Waals surface area contributed by atoms with Gasteiger partial charge < -0.3 is 29.5 Å². The molecule has 0 aromatic rings. The highest BCUT2D eigenvalue weighted by atomic mass is 16.5. The van der Waals surface area contributed by atoms with Crippen LogP contribution in [0.3, 0.4) is 0 Å². The summed E-state index contributed by atoms with van der Waals surface area (Å²) < 4.78 is 15.2. The maximum Gasteiger partial charge on any atom is 0.302 e. The van der Waals surface area contributed by atoms with E-state index in [-0.39, 0.29) is 37.6 Å². The molecule has 8 nitrogen and oxygen atoms in total. The molecule has 1 saturated heterocycles. The van der Waals surface area contributed by atoms with Gasteiger partial charge in [0, 0.05) is 20.3 Å². The molecule has 3 N–H and O–H groups in total. The number of aliphatic hydroxyl groups excluding tert-OH is 3. The molecule has 1 aliphatic heterocycles. The summed E-state index contributed by atoms with van der Waals surface area (Å²) >= 11 is 0. The van der Waals surface area contributed by atoms with Crippen LogP contribution < -0.4 is 0 Å². The molecule has 1 aliphatic rings. The van der Waals surface area contributed by atoms with Crippen LogP contribution in [0.25, 0.3) is 0 Å². The molecule has 1 rings (SSSR count). The van der Waals surface area contributed by atoms with Crippen LogP contribution in [0.15, 0.2) is 0 Å². The topological polar surface area (TPSA) is 123 Å². The molecule has 8 heteroatoms. The third-order valence-electron chi connectivity index (χ3n) is 3.97. The average molecular weight is 348 g/mol. The predicted octanol–water partition coefficient (Wildman–Crippen LogP) is -0.0868. The van der Waals surface area contributed by atoms with Gasteiger partial charge in [0.2, 0.25) is 0 Å². The van der Waals surface area contributed by atoms with E-state index in [0.717, 1.165) is 6.42 Å². The lowest BCUT2D eigenvalue weighted by Gasteiger charge is -2.22. The molecule has 0 unspecified atom stereocenters. The second kappa shape index (κ2) is 10.6. The minimum atomic E-state index is -1.18. The van der Waals surface area contributed by atoms with Crippen molar-refractivity contribution in [3.05, 3.63) is 0 Å². The predicted molar refractivity (Wildman–Crippen MR) is 83.0 cm³/mol. The molecule has 0 aromatic heterocycles. The van der Waals surface area contributed by atoms with Crippen LogP contribution in [-0.2, 0) is 23.8 Å². The van der Waals surface area contributed by atoms with Crippen molar-refractivity contribution in [2.24, 2.45) is 0 Å². The monoisotopic (exact) mass is 348 g/mol. The van der Waals surface area contributed by atoms with E-state index in [1.807, 2.05) is 0 Å². The number of aliphatic hydroxyl groups is 3. The Morgan fingerprint density at radius 1 is 1.04 bits per heavy atom. The molecule has 1 fully saturated rings. The van der Waals surface area contributed by atoms with Crippen molar-refractivity contribution in [2.75, 3.05) is 13.2 Å². The summed E-state index contributed by atoms with van der Waals surface area (Å²) in [6, 6.07) is 0. The molecule has 0 saturated carbocycles. The Hall–Kier alpha value is -1.22. The molecule has 0 aromatic carbocycles. The lowest BCUT2D eigenvalue weighted by atomic mass is 10.0. The Morgan fingerprint density at radius 3 is 2.33 bits per heavy atom. The van der Waals surface area contributed by atoms with Gasteiger partial charge in [-0.3, -0.25) is 9.59 Å². The summed E-state index contributed by atoms with van der Waals surface area (Å²) in [7, 11) is 0. The SMILES string of the molecule is CC(=O)OCC[C@H]1CC[C@@H]([C@H](O)CC[C@H](O)[C@@H](O)COC(C)=O)O1. The summed E-state index contributed by atoms with van der Waals surface area (Å²) in [6.07, 6.45) is -0.901. The van der Waals surface area contributed by atoms with Crippen LogP contribution >= 0.6 is 0 Å². The lowest BCUT2D eigenvalue weighted by molar-refractivity contribution is -0.146. The minimum Gasteiger partial charge on any atom is -0.466 e. The van der Waals surface area contributed by atoms with Crippen molar-refractivity contribution in [3.8, 4) is 0 Å². The van der Waals surface area contributed by atoms with Crippen molar-refractivity contribution in [1.82, 2.24) is 0 Å². The van der Waals surface area contributed by atoms with E-state index in [9.17, 15) is 24.9 Å². The number of rotatable bonds is 10. The molecule has 0 spiro atoms. The first-order chi connectivity index (χ1) is 11.3. The highest BCUT2D eigenvalue weighted by Crippen LogP contribution is 2.26. The minimum absolute atomic E-state index is 0.0523. The maximum atomic E-state index is 10.7. The number of carbonyl (C=O) groups excluding carboxylic acids is 2. The Balaban J connectivity index is 2.22. The van der Waals surface area contributed by atoms with Crippen molar-refractivity contribution in [2.45, 2.75) is 76.5 Å². The van der Waals surface area contributed by atoms with Crippen LogP contribution in [0.4, 0.5) is 0 Å². The van der Waals surface area contributed by atoms with Crippen LogP contribution in [0.2, 0.25) is 0 Å². The van der Waals surface area contributed by atoms with Gasteiger partial charge in [-0.15, -0.1) is 0 Å². The molecule has 0 bridgehead atoms. The summed E-state index contributed by atoms with van der Waals surface area (Å²) in [4.78, 5) is 21.4. The van der Waals surface area contributed by atoms with Crippen LogP contribution in [-0.4, -0.2) is 71.0 Å². The van der Waals surface area contributed by atoms with Gasteiger partial charge in [-0.2, -0.15) is 0 Å². The van der Waals surface area contributed by atoms with Crippen molar-refractivity contribution in [3.63, 3.8) is 0 Å². The third-order valence-corrected chi connectivity index (χ3v) is 3.97. The average Bonchev–Trinajstić information content (AvgIpc) is 2.98.